The van der Waals surface area contributed by atoms with E-state index in [4.69, 9.17) is 11.6 Å². The molecule has 0 unspecified atom stereocenters. The topological polar surface area (TPSA) is 0 Å². The van der Waals surface area contributed by atoms with Crippen LogP contribution >= 0.6 is 11.6 Å². The Labute approximate surface area is 96.9 Å². The summed E-state index contributed by atoms with van der Waals surface area (Å²) in [7, 11) is -1.27. The predicted octanol–water partition coefficient (Wildman–Crippen LogP) is 4.04. The SMILES string of the molecule is C[Si](C)(C)c1cc(Cl)c2ccccc2c1. The summed E-state index contributed by atoms with van der Waals surface area (Å²) in [5, 5.41) is 4.71. The summed E-state index contributed by atoms with van der Waals surface area (Å²) < 4.78 is 0. The largest absolute Gasteiger partial charge is 0.0837 e. The molecule has 2 aromatic carbocycles. The van der Waals surface area contributed by atoms with Crippen LogP contribution in [0.1, 0.15) is 0 Å². The third kappa shape index (κ3) is 2.08. The van der Waals surface area contributed by atoms with Crippen LogP contribution in [-0.2, 0) is 0 Å². The molecule has 0 aliphatic carbocycles. The molecule has 0 aromatic heterocycles. The summed E-state index contributed by atoms with van der Waals surface area (Å²) in [6.45, 7) is 7.02. The molecule has 2 rings (SSSR count). The molecule has 0 bridgehead atoms. The first-order valence-corrected chi connectivity index (χ1v) is 9.05. The number of rotatable bonds is 1. The van der Waals surface area contributed by atoms with Gasteiger partial charge in [-0.15, -0.1) is 0 Å². The minimum absolute atomic E-state index is 0.880. The highest BCUT2D eigenvalue weighted by Gasteiger charge is 2.17. The van der Waals surface area contributed by atoms with Gasteiger partial charge in [0, 0.05) is 10.4 Å². The van der Waals surface area contributed by atoms with Gasteiger partial charge in [0.15, 0.2) is 0 Å². The van der Waals surface area contributed by atoms with Crippen molar-refractivity contribution >= 4 is 35.6 Å². The van der Waals surface area contributed by atoms with Gasteiger partial charge < -0.3 is 0 Å². The van der Waals surface area contributed by atoms with Crippen molar-refractivity contribution < 1.29 is 0 Å². The molecule has 0 saturated carbocycles. The van der Waals surface area contributed by atoms with Gasteiger partial charge in [-0.3, -0.25) is 0 Å². The van der Waals surface area contributed by atoms with Gasteiger partial charge in [-0.05, 0) is 11.5 Å². The van der Waals surface area contributed by atoms with Gasteiger partial charge in [-0.1, -0.05) is 66.8 Å². The van der Waals surface area contributed by atoms with Crippen molar-refractivity contribution in [2.75, 3.05) is 0 Å². The van der Waals surface area contributed by atoms with Gasteiger partial charge in [-0.25, -0.2) is 0 Å². The number of hydrogen-bond acceptors (Lipinski definition) is 0. The van der Waals surface area contributed by atoms with Gasteiger partial charge in [0.1, 0.15) is 0 Å². The van der Waals surface area contributed by atoms with E-state index in [2.05, 4.69) is 50.0 Å². The van der Waals surface area contributed by atoms with Gasteiger partial charge >= 0.3 is 0 Å². The summed E-state index contributed by atoms with van der Waals surface area (Å²) in [6.07, 6.45) is 0. The second-order valence-corrected chi connectivity index (χ2v) is 10.4. The Morgan fingerprint density at radius 3 is 2.33 bits per heavy atom. The Kier molecular flexibility index (Phi) is 2.61. The van der Waals surface area contributed by atoms with E-state index in [9.17, 15) is 0 Å². The molecule has 0 heterocycles. The van der Waals surface area contributed by atoms with Crippen molar-refractivity contribution in [3.05, 3.63) is 41.4 Å². The van der Waals surface area contributed by atoms with Crippen molar-refractivity contribution in [2.45, 2.75) is 19.6 Å². The molecule has 2 heteroatoms. The van der Waals surface area contributed by atoms with Crippen molar-refractivity contribution in [3.8, 4) is 0 Å². The fourth-order valence-electron chi connectivity index (χ4n) is 1.70. The summed E-state index contributed by atoms with van der Waals surface area (Å²) in [6, 6.07) is 12.7. The molecule has 0 nitrogen and oxygen atoms in total. The summed E-state index contributed by atoms with van der Waals surface area (Å²) in [5.41, 5.74) is 0. The first-order chi connectivity index (χ1) is 6.98. The van der Waals surface area contributed by atoms with E-state index < -0.39 is 8.07 Å². The maximum atomic E-state index is 6.29. The minimum Gasteiger partial charge on any atom is -0.0837 e. The van der Waals surface area contributed by atoms with Crippen molar-refractivity contribution in [3.63, 3.8) is 0 Å². The number of fused-ring (bicyclic) bond motifs is 1. The van der Waals surface area contributed by atoms with Crippen LogP contribution in [0, 0.1) is 0 Å². The summed E-state index contributed by atoms with van der Waals surface area (Å²) in [4.78, 5) is 0. The van der Waals surface area contributed by atoms with Crippen LogP contribution in [0.2, 0.25) is 24.7 Å². The lowest BCUT2D eigenvalue weighted by Gasteiger charge is -2.17. The number of benzene rings is 2. The molecule has 0 fully saturated rings. The van der Waals surface area contributed by atoms with Gasteiger partial charge in [0.25, 0.3) is 0 Å². The van der Waals surface area contributed by atoms with Gasteiger partial charge in [-0.2, -0.15) is 0 Å². The Morgan fingerprint density at radius 2 is 1.67 bits per heavy atom. The lowest BCUT2D eigenvalue weighted by atomic mass is 10.1. The highest BCUT2D eigenvalue weighted by atomic mass is 35.5. The van der Waals surface area contributed by atoms with Gasteiger partial charge in [0.2, 0.25) is 0 Å². The Morgan fingerprint density at radius 1 is 1.00 bits per heavy atom. The third-order valence-electron chi connectivity index (χ3n) is 2.68. The molecule has 0 spiro atoms. The Balaban J connectivity index is 2.73. The van der Waals surface area contributed by atoms with E-state index in [0.717, 1.165) is 10.4 Å². The Bertz CT molecular complexity index is 497. The number of halogens is 1. The molecule has 0 amide bonds. The van der Waals surface area contributed by atoms with Crippen LogP contribution in [0.4, 0.5) is 0 Å². The standard InChI is InChI=1S/C13H15ClSi/c1-15(2,3)11-8-10-6-4-5-7-12(10)13(14)9-11/h4-9H,1-3H3. The van der Waals surface area contributed by atoms with Crippen molar-refractivity contribution in [1.29, 1.82) is 0 Å². The number of hydrogen-bond donors (Lipinski definition) is 0. The first kappa shape index (κ1) is 10.7. The normalized spacial score (nSPS) is 12.0. The average Bonchev–Trinajstić information content (AvgIpc) is 2.16. The second-order valence-electron chi connectivity index (χ2n) is 4.93. The van der Waals surface area contributed by atoms with E-state index in [1.54, 1.807) is 0 Å². The molecular formula is C13H15ClSi. The summed E-state index contributed by atoms with van der Waals surface area (Å²) >= 11 is 6.29. The van der Waals surface area contributed by atoms with E-state index in [1.807, 2.05) is 6.07 Å². The fourth-order valence-corrected chi connectivity index (χ4v) is 3.24. The molecule has 0 radical (unpaired) electrons. The lowest BCUT2D eigenvalue weighted by molar-refractivity contribution is 1.71. The summed E-state index contributed by atoms with van der Waals surface area (Å²) in [5.74, 6) is 0. The van der Waals surface area contributed by atoms with Gasteiger partial charge in [0.05, 0.1) is 8.07 Å². The zero-order chi connectivity index (χ0) is 11.1. The van der Waals surface area contributed by atoms with Crippen molar-refractivity contribution in [2.24, 2.45) is 0 Å². The Hall–Kier alpha value is -0.793. The van der Waals surface area contributed by atoms with E-state index >= 15 is 0 Å². The van der Waals surface area contributed by atoms with Crippen LogP contribution < -0.4 is 5.19 Å². The molecule has 78 valence electrons. The van der Waals surface area contributed by atoms with Crippen LogP contribution in [0.25, 0.3) is 10.8 Å². The highest BCUT2D eigenvalue weighted by molar-refractivity contribution is 6.89. The quantitative estimate of drug-likeness (QED) is 0.654. The molecule has 0 aliphatic heterocycles. The molecule has 0 aliphatic rings. The molecule has 0 N–H and O–H groups in total. The monoisotopic (exact) mass is 234 g/mol. The van der Waals surface area contributed by atoms with Crippen LogP contribution in [0.5, 0.6) is 0 Å². The molecule has 0 atom stereocenters. The molecule has 15 heavy (non-hydrogen) atoms. The highest BCUT2D eigenvalue weighted by Crippen LogP contribution is 2.23. The lowest BCUT2D eigenvalue weighted by Crippen LogP contribution is -2.37. The zero-order valence-electron chi connectivity index (χ0n) is 9.34. The average molecular weight is 235 g/mol. The van der Waals surface area contributed by atoms with Crippen molar-refractivity contribution in [1.82, 2.24) is 0 Å². The van der Waals surface area contributed by atoms with Crippen LogP contribution in [0.15, 0.2) is 36.4 Å². The molecule has 2 aromatic rings. The predicted molar refractivity (Wildman–Crippen MR) is 71.9 cm³/mol. The third-order valence-corrected chi connectivity index (χ3v) is 5.01. The second kappa shape index (κ2) is 3.65. The van der Waals surface area contributed by atoms with E-state index in [0.29, 0.717) is 0 Å². The molecule has 0 saturated heterocycles. The maximum absolute atomic E-state index is 6.29. The van der Waals surface area contributed by atoms with E-state index in [-0.39, 0.29) is 0 Å². The molecular weight excluding hydrogens is 220 g/mol. The maximum Gasteiger partial charge on any atom is 0.0776 e. The zero-order valence-corrected chi connectivity index (χ0v) is 11.1. The fraction of sp³-hybridized carbons (Fsp3) is 0.231. The first-order valence-electron chi connectivity index (χ1n) is 5.17. The van der Waals surface area contributed by atoms with Crippen LogP contribution in [0.3, 0.4) is 0 Å². The van der Waals surface area contributed by atoms with E-state index in [1.165, 1.54) is 10.6 Å². The van der Waals surface area contributed by atoms with Crippen LogP contribution in [-0.4, -0.2) is 8.07 Å². The minimum atomic E-state index is -1.27. The smallest absolute Gasteiger partial charge is 0.0776 e.